The monoisotopic (exact) mass is 937 g/mol. The summed E-state index contributed by atoms with van der Waals surface area (Å²) in [7, 11) is 6.56. The van der Waals surface area contributed by atoms with Crippen LogP contribution in [0.5, 0.6) is 0 Å². The van der Waals surface area contributed by atoms with Crippen molar-refractivity contribution in [3.8, 4) is 0 Å². The molecule has 0 saturated heterocycles. The number of hydrogen-bond acceptors (Lipinski definition) is 10. The zero-order chi connectivity index (χ0) is 45.2. The zero-order valence-electron chi connectivity index (χ0n) is 38.1. The molecule has 2 aromatic heterocycles. The first kappa shape index (κ1) is 54.3. The van der Waals surface area contributed by atoms with Gasteiger partial charge in [0.1, 0.15) is 21.9 Å². The van der Waals surface area contributed by atoms with Crippen molar-refractivity contribution in [1.29, 1.82) is 0 Å². The minimum atomic E-state index is -0.795. The highest BCUT2D eigenvalue weighted by molar-refractivity contribution is 8.76. The minimum absolute atomic E-state index is 0.156. The first-order chi connectivity index (χ1) is 30.7. The largest absolute Gasteiger partial charge is 0.368 e. The van der Waals surface area contributed by atoms with Gasteiger partial charge in [0, 0.05) is 54.8 Å². The number of unbranched alkanes of at least 4 members (excludes halogenated alkanes) is 17. The summed E-state index contributed by atoms with van der Waals surface area (Å²) in [5.74, 6) is 0.419. The number of rotatable bonds is 38. The average Bonchev–Trinajstić information content (AvgIpc) is 3.29. The summed E-state index contributed by atoms with van der Waals surface area (Å²) >= 11 is 0. The molecule has 3 amide bonds. The van der Waals surface area contributed by atoms with Gasteiger partial charge in [-0.15, -0.1) is 0 Å². The molecule has 0 aliphatic heterocycles. The molecule has 0 radical (unpaired) electrons. The van der Waals surface area contributed by atoms with Crippen molar-refractivity contribution in [3.63, 3.8) is 0 Å². The molecule has 1 aromatic carbocycles. The van der Waals surface area contributed by atoms with Crippen LogP contribution in [0.4, 0.5) is 0 Å². The molecule has 2 atom stereocenters. The molecule has 0 saturated carbocycles. The van der Waals surface area contributed by atoms with Crippen LogP contribution < -0.4 is 16.4 Å². The molecule has 0 spiro atoms. The van der Waals surface area contributed by atoms with Crippen molar-refractivity contribution >= 4 is 66.7 Å². The van der Waals surface area contributed by atoms with Crippen LogP contribution in [-0.2, 0) is 25.9 Å². The number of primary amides is 1. The topological polar surface area (TPSA) is 144 Å². The average molecular weight is 938 g/mol. The number of hydrogen-bond donors (Lipinski definition) is 3. The summed E-state index contributed by atoms with van der Waals surface area (Å²) < 4.78 is 0. The van der Waals surface area contributed by atoms with Crippen molar-refractivity contribution in [1.82, 2.24) is 20.6 Å². The Bertz CT molecular complexity index is 1640. The number of nitrogens with one attached hydrogen (secondary N) is 2. The Kier molecular flexibility index (Phi) is 30.4. The van der Waals surface area contributed by atoms with Gasteiger partial charge in [-0.25, -0.2) is 9.97 Å². The quantitative estimate of drug-likeness (QED) is 0.0375. The molecule has 13 heteroatoms. The Balaban J connectivity index is 1.27. The number of Topliss-reactive ketones (excluding diaryl/α,β-unsaturated/α-hetero) is 1. The summed E-state index contributed by atoms with van der Waals surface area (Å²) in [5, 5.41) is 7.68. The molecule has 4 N–H and O–H groups in total. The summed E-state index contributed by atoms with van der Waals surface area (Å²) in [6.45, 7) is 4.59. The van der Waals surface area contributed by atoms with E-state index in [4.69, 9.17) is 5.73 Å². The van der Waals surface area contributed by atoms with Crippen molar-refractivity contribution in [2.45, 2.75) is 189 Å². The van der Waals surface area contributed by atoms with Gasteiger partial charge in [-0.2, -0.15) is 0 Å². The van der Waals surface area contributed by atoms with Gasteiger partial charge in [0.05, 0.1) is 0 Å². The zero-order valence-corrected chi connectivity index (χ0v) is 41.4. The van der Waals surface area contributed by atoms with Crippen LogP contribution in [0.1, 0.15) is 183 Å². The Morgan fingerprint density at radius 2 is 1.13 bits per heavy atom. The summed E-state index contributed by atoms with van der Waals surface area (Å²) in [4.78, 5) is 59.9. The second kappa shape index (κ2) is 35.3. The van der Waals surface area contributed by atoms with E-state index >= 15 is 0 Å². The van der Waals surface area contributed by atoms with E-state index in [1.807, 2.05) is 55.5 Å². The van der Waals surface area contributed by atoms with Gasteiger partial charge in [-0.1, -0.05) is 156 Å². The van der Waals surface area contributed by atoms with Crippen molar-refractivity contribution in [3.05, 3.63) is 83.7 Å². The number of pyridine rings is 2. The van der Waals surface area contributed by atoms with Crippen molar-refractivity contribution < 1.29 is 19.2 Å². The Hall–Kier alpha value is -3.00. The van der Waals surface area contributed by atoms with E-state index in [0.29, 0.717) is 55.7 Å². The van der Waals surface area contributed by atoms with E-state index in [0.717, 1.165) is 34.0 Å². The molecule has 2 unspecified atom stereocenters. The number of ketones is 1. The molecule has 3 rings (SSSR count). The number of carbonyl (C=O) groups excluding carboxylic acids is 4. The second-order valence-electron chi connectivity index (χ2n) is 16.7. The smallest absolute Gasteiger partial charge is 0.251 e. The lowest BCUT2D eigenvalue weighted by Crippen LogP contribution is -2.44. The molecular weight excluding hydrogens is 863 g/mol. The van der Waals surface area contributed by atoms with Gasteiger partial charge in [0.25, 0.3) is 5.91 Å². The third-order valence-corrected chi connectivity index (χ3v) is 15.5. The highest BCUT2D eigenvalue weighted by Crippen LogP contribution is 2.35. The number of nitrogens with zero attached hydrogens (tertiary/aromatic N) is 2. The minimum Gasteiger partial charge on any atom is -0.368 e. The van der Waals surface area contributed by atoms with Crippen LogP contribution in [0, 0.1) is 5.92 Å². The third-order valence-electron chi connectivity index (χ3n) is 11.1. The molecule has 3 aromatic rings. The van der Waals surface area contributed by atoms with Crippen LogP contribution in [0.15, 0.2) is 77.0 Å². The first-order valence-corrected chi connectivity index (χ1v) is 28.3. The Morgan fingerprint density at radius 3 is 1.60 bits per heavy atom. The standard InChI is InChI=1S/C50H75N5O4S4/c1-3-4-5-6-7-8-9-10-11-12-13-14-15-16-17-18-19-27-45(56)40(2)30-31-46(57)55-44(49(51)58)26-20-23-34-54-50(59)43-36-41(38-60-62-47-28-21-24-32-52-47)35-42(37-43)39-61-63-48-29-22-25-33-53-48/h21-22,24-25,28-29,32-33,35-37,40,44H,3-20,23,26-27,30-31,34,38-39H2,1-2H3,(H2,51,58)(H,54,59)(H,55,57). The number of benzene rings is 1. The molecule has 0 fully saturated rings. The normalized spacial score (nSPS) is 12.2. The Labute approximate surface area is 395 Å². The van der Waals surface area contributed by atoms with Crippen molar-refractivity contribution in [2.24, 2.45) is 11.7 Å². The summed E-state index contributed by atoms with van der Waals surface area (Å²) in [6, 6.07) is 16.9. The van der Waals surface area contributed by atoms with Crippen molar-refractivity contribution in [2.75, 3.05) is 6.54 Å². The number of nitrogens with two attached hydrogens (primary N) is 1. The molecule has 0 aliphatic carbocycles. The van der Waals surface area contributed by atoms with E-state index in [2.05, 4.69) is 33.6 Å². The number of carbonyl (C=O) groups is 4. The molecule has 348 valence electrons. The van der Waals surface area contributed by atoms with E-state index in [-0.39, 0.29) is 29.9 Å². The second-order valence-corrected chi connectivity index (χ2v) is 21.3. The van der Waals surface area contributed by atoms with Gasteiger partial charge < -0.3 is 16.4 Å². The van der Waals surface area contributed by atoms with Gasteiger partial charge in [-0.05, 0) is 101 Å². The summed E-state index contributed by atoms with van der Waals surface area (Å²) in [6.07, 6.45) is 28.6. The van der Waals surface area contributed by atoms with Crippen LogP contribution >= 0.6 is 43.2 Å². The predicted molar refractivity (Wildman–Crippen MR) is 269 cm³/mol. The lowest BCUT2D eigenvalue weighted by Gasteiger charge is -2.16. The SMILES string of the molecule is CCCCCCCCCCCCCCCCCCCC(=O)C(C)CCC(=O)NC(CCCCNC(=O)c1cc(CSSc2ccccn2)cc(CSSc2ccccn2)c1)C(N)=O. The maximum Gasteiger partial charge on any atom is 0.251 e. The predicted octanol–water partition coefficient (Wildman–Crippen LogP) is 13.3. The van der Waals surface area contributed by atoms with Gasteiger partial charge >= 0.3 is 0 Å². The highest BCUT2D eigenvalue weighted by atomic mass is 33.1. The number of amides is 3. The molecule has 9 nitrogen and oxygen atoms in total. The molecule has 63 heavy (non-hydrogen) atoms. The van der Waals surface area contributed by atoms with Gasteiger partial charge in [-0.3, -0.25) is 19.2 Å². The van der Waals surface area contributed by atoms with Crippen LogP contribution in [0.3, 0.4) is 0 Å². The van der Waals surface area contributed by atoms with Crippen LogP contribution in [-0.4, -0.2) is 46.1 Å². The van der Waals surface area contributed by atoms with E-state index in [1.54, 1.807) is 55.6 Å². The van der Waals surface area contributed by atoms with Gasteiger partial charge in [0.15, 0.2) is 0 Å². The fourth-order valence-corrected chi connectivity index (χ4v) is 11.2. The fraction of sp³-hybridized carbons (Fsp3) is 0.600. The van der Waals surface area contributed by atoms with E-state index in [1.165, 1.54) is 96.3 Å². The van der Waals surface area contributed by atoms with Gasteiger partial charge in [0.2, 0.25) is 11.8 Å². The lowest BCUT2D eigenvalue weighted by molar-refractivity contribution is -0.128. The fourth-order valence-electron chi connectivity index (χ4n) is 7.28. The molecular formula is C50H75N5O4S4. The lowest BCUT2D eigenvalue weighted by atomic mass is 9.95. The van der Waals surface area contributed by atoms with E-state index < -0.39 is 11.9 Å². The summed E-state index contributed by atoms with van der Waals surface area (Å²) in [5.41, 5.74) is 8.37. The van der Waals surface area contributed by atoms with Crippen LogP contribution in [0.2, 0.25) is 0 Å². The maximum atomic E-state index is 13.3. The number of aromatic nitrogens is 2. The highest BCUT2D eigenvalue weighted by Gasteiger charge is 2.20. The molecule has 0 bridgehead atoms. The third kappa shape index (κ3) is 26.5. The molecule has 0 aliphatic rings. The Morgan fingerprint density at radius 1 is 0.619 bits per heavy atom. The first-order valence-electron chi connectivity index (χ1n) is 23.7. The van der Waals surface area contributed by atoms with Crippen LogP contribution in [0.25, 0.3) is 0 Å². The maximum absolute atomic E-state index is 13.3. The molecule has 2 heterocycles. The van der Waals surface area contributed by atoms with E-state index in [9.17, 15) is 19.2 Å².